The van der Waals surface area contributed by atoms with Gasteiger partial charge in [0, 0.05) is 25.0 Å². The van der Waals surface area contributed by atoms with E-state index in [4.69, 9.17) is 4.74 Å². The Labute approximate surface area is 138 Å². The third-order valence-electron chi connectivity index (χ3n) is 3.95. The van der Waals surface area contributed by atoms with Crippen molar-refractivity contribution >= 4 is 28.2 Å². The van der Waals surface area contributed by atoms with Gasteiger partial charge in [-0.25, -0.2) is 9.97 Å². The van der Waals surface area contributed by atoms with E-state index in [2.05, 4.69) is 20.6 Å². The fourth-order valence-electron chi connectivity index (χ4n) is 2.78. The fourth-order valence-corrected chi connectivity index (χ4v) is 2.78. The van der Waals surface area contributed by atoms with Crippen molar-refractivity contribution in [3.05, 3.63) is 47.0 Å². The van der Waals surface area contributed by atoms with E-state index < -0.39 is 0 Å². The van der Waals surface area contributed by atoms with E-state index in [0.717, 1.165) is 11.1 Å². The van der Waals surface area contributed by atoms with Crippen molar-refractivity contribution in [3.8, 4) is 5.75 Å². The summed E-state index contributed by atoms with van der Waals surface area (Å²) >= 11 is 0. The molecule has 0 saturated heterocycles. The van der Waals surface area contributed by atoms with Crippen LogP contribution in [-0.2, 0) is 6.54 Å². The Morgan fingerprint density at radius 1 is 1.29 bits per heavy atom. The van der Waals surface area contributed by atoms with Crippen molar-refractivity contribution in [1.82, 2.24) is 14.5 Å². The van der Waals surface area contributed by atoms with Crippen molar-refractivity contribution in [3.63, 3.8) is 0 Å². The number of fused-ring (bicyclic) bond motifs is 6. The second-order valence-electron chi connectivity index (χ2n) is 5.50. The topological polar surface area (TPSA) is 81.1 Å². The van der Waals surface area contributed by atoms with E-state index in [-0.39, 0.29) is 5.56 Å². The molecule has 7 heteroatoms. The fraction of sp³-hybridized carbons (Fsp3) is 0.235. The number of nitrogens with one attached hydrogen (secondary N) is 2. The van der Waals surface area contributed by atoms with Gasteiger partial charge in [0.1, 0.15) is 29.8 Å². The zero-order chi connectivity index (χ0) is 16.5. The van der Waals surface area contributed by atoms with E-state index >= 15 is 0 Å². The summed E-state index contributed by atoms with van der Waals surface area (Å²) in [5.74, 6) is 2.57. The maximum Gasteiger partial charge on any atom is 0.262 e. The highest BCUT2D eigenvalue weighted by molar-refractivity contribution is 5.93. The molecule has 4 heterocycles. The number of hydrogen-bond acceptors (Lipinski definition) is 6. The molecule has 3 aromatic heterocycles. The maximum absolute atomic E-state index is 12.7. The second kappa shape index (κ2) is 5.84. The first-order chi connectivity index (χ1) is 11.7. The van der Waals surface area contributed by atoms with Crippen LogP contribution in [0.5, 0.6) is 5.75 Å². The molecule has 4 rings (SSSR count). The number of ether oxygens (including phenoxy) is 1. The van der Waals surface area contributed by atoms with Crippen LogP contribution in [0, 0.1) is 0 Å². The van der Waals surface area contributed by atoms with Crippen LogP contribution in [0.1, 0.15) is 6.92 Å². The van der Waals surface area contributed by atoms with Crippen molar-refractivity contribution < 1.29 is 4.74 Å². The van der Waals surface area contributed by atoms with Gasteiger partial charge in [0.2, 0.25) is 0 Å². The molecule has 24 heavy (non-hydrogen) atoms. The molecule has 122 valence electrons. The second-order valence-corrected chi connectivity index (χ2v) is 5.50. The van der Waals surface area contributed by atoms with Gasteiger partial charge in [-0.3, -0.25) is 4.79 Å². The van der Waals surface area contributed by atoms with Crippen molar-refractivity contribution in [1.29, 1.82) is 0 Å². The van der Waals surface area contributed by atoms with Crippen LogP contribution in [0.15, 0.2) is 41.5 Å². The summed E-state index contributed by atoms with van der Waals surface area (Å²) in [4.78, 5) is 21.5. The van der Waals surface area contributed by atoms with Crippen LogP contribution in [0.4, 0.5) is 17.5 Å². The van der Waals surface area contributed by atoms with Crippen LogP contribution in [0.3, 0.4) is 0 Å². The Kier molecular flexibility index (Phi) is 3.53. The number of pyridine rings is 3. The van der Waals surface area contributed by atoms with Crippen molar-refractivity contribution in [2.75, 3.05) is 23.8 Å². The van der Waals surface area contributed by atoms with Gasteiger partial charge in [-0.2, -0.15) is 0 Å². The van der Waals surface area contributed by atoms with E-state index in [0.29, 0.717) is 42.5 Å². The highest BCUT2D eigenvalue weighted by Crippen LogP contribution is 2.25. The number of rotatable bonds is 1. The largest absolute Gasteiger partial charge is 0.492 e. The molecule has 0 atom stereocenters. The number of anilines is 3. The number of nitrogens with zero attached hydrogens (tertiary/aromatic N) is 3. The molecule has 0 saturated carbocycles. The zero-order valence-electron chi connectivity index (χ0n) is 13.2. The first kappa shape index (κ1) is 14.5. The van der Waals surface area contributed by atoms with Crippen LogP contribution in [0.25, 0.3) is 10.8 Å². The normalized spacial score (nSPS) is 13.4. The summed E-state index contributed by atoms with van der Waals surface area (Å²) in [6.45, 7) is 3.57. The minimum atomic E-state index is -0.0500. The van der Waals surface area contributed by atoms with Gasteiger partial charge < -0.3 is 19.9 Å². The van der Waals surface area contributed by atoms with Crippen LogP contribution >= 0.6 is 0 Å². The zero-order valence-corrected chi connectivity index (χ0v) is 13.2. The van der Waals surface area contributed by atoms with Crippen molar-refractivity contribution in [2.45, 2.75) is 13.5 Å². The molecule has 0 radical (unpaired) electrons. The molecular weight excluding hydrogens is 306 g/mol. The van der Waals surface area contributed by atoms with Crippen molar-refractivity contribution in [2.24, 2.45) is 0 Å². The van der Waals surface area contributed by atoms with Crippen LogP contribution in [-0.4, -0.2) is 27.7 Å². The predicted molar refractivity (Wildman–Crippen MR) is 93.2 cm³/mol. The maximum atomic E-state index is 12.7. The lowest BCUT2D eigenvalue weighted by Crippen LogP contribution is -2.21. The summed E-state index contributed by atoms with van der Waals surface area (Å²) in [5, 5.41) is 7.81. The quantitative estimate of drug-likeness (QED) is 0.715. The lowest BCUT2D eigenvalue weighted by Gasteiger charge is -2.12. The number of aryl methyl sites for hydroxylation is 1. The van der Waals surface area contributed by atoms with Gasteiger partial charge >= 0.3 is 0 Å². The Hall–Kier alpha value is -3.09. The molecule has 0 aliphatic carbocycles. The van der Waals surface area contributed by atoms with E-state index in [1.807, 2.05) is 31.2 Å². The molecule has 0 aromatic carbocycles. The molecule has 0 fully saturated rings. The number of aromatic nitrogens is 3. The molecule has 1 aliphatic heterocycles. The average molecular weight is 323 g/mol. The average Bonchev–Trinajstić information content (AvgIpc) is 2.60. The summed E-state index contributed by atoms with van der Waals surface area (Å²) in [7, 11) is 0. The SMILES string of the molecule is CCn1ccc2cc3nc(c2c1=O)NCCOc1ccnc(c1)N3. The molecule has 0 spiro atoms. The Morgan fingerprint density at radius 3 is 3.08 bits per heavy atom. The predicted octanol–water partition coefficient (Wildman–Crippen LogP) is 2.36. The van der Waals surface area contributed by atoms with Crippen LogP contribution < -0.4 is 20.9 Å². The Balaban J connectivity index is 1.90. The molecule has 0 amide bonds. The van der Waals surface area contributed by atoms with Gasteiger partial charge in [-0.15, -0.1) is 0 Å². The molecule has 3 aromatic rings. The molecular formula is C17H17N5O2. The molecule has 2 N–H and O–H groups in total. The van der Waals surface area contributed by atoms with E-state index in [9.17, 15) is 4.79 Å². The minimum Gasteiger partial charge on any atom is -0.492 e. The summed E-state index contributed by atoms with van der Waals surface area (Å²) in [6, 6.07) is 7.42. The summed E-state index contributed by atoms with van der Waals surface area (Å²) in [5.41, 5.74) is -0.0500. The van der Waals surface area contributed by atoms with Gasteiger partial charge in [0.15, 0.2) is 0 Å². The Bertz CT molecular complexity index is 967. The monoisotopic (exact) mass is 323 g/mol. The standard InChI is InChI=1S/C17H17N5O2/c1-2-22-7-4-11-9-14-20-13-10-12(3-5-18-13)24-8-6-19-16(21-14)15(11)17(22)23/h3-5,7,9-10H,2,6,8H2,1H3,(H2,18,19,20,21). The summed E-state index contributed by atoms with van der Waals surface area (Å²) in [6.07, 6.45) is 3.49. The Morgan fingerprint density at radius 2 is 2.21 bits per heavy atom. The highest BCUT2D eigenvalue weighted by Gasteiger charge is 2.13. The summed E-state index contributed by atoms with van der Waals surface area (Å²) < 4.78 is 7.36. The van der Waals surface area contributed by atoms with Crippen LogP contribution in [0.2, 0.25) is 0 Å². The molecule has 7 nitrogen and oxygen atoms in total. The van der Waals surface area contributed by atoms with Gasteiger partial charge in [-0.1, -0.05) is 0 Å². The van der Waals surface area contributed by atoms with Gasteiger partial charge in [0.25, 0.3) is 5.56 Å². The first-order valence-corrected chi connectivity index (χ1v) is 7.88. The lowest BCUT2D eigenvalue weighted by atomic mass is 10.2. The smallest absolute Gasteiger partial charge is 0.262 e. The third-order valence-corrected chi connectivity index (χ3v) is 3.95. The molecule has 4 bridgehead atoms. The number of hydrogen-bond donors (Lipinski definition) is 2. The highest BCUT2D eigenvalue weighted by atomic mass is 16.5. The molecule has 1 aliphatic rings. The van der Waals surface area contributed by atoms with Gasteiger partial charge in [0.05, 0.1) is 11.9 Å². The molecule has 0 unspecified atom stereocenters. The van der Waals surface area contributed by atoms with E-state index in [1.165, 1.54) is 0 Å². The lowest BCUT2D eigenvalue weighted by molar-refractivity contribution is 0.332. The first-order valence-electron chi connectivity index (χ1n) is 7.88. The minimum absolute atomic E-state index is 0.0500. The van der Waals surface area contributed by atoms with E-state index in [1.54, 1.807) is 17.0 Å². The third kappa shape index (κ3) is 2.54. The van der Waals surface area contributed by atoms with Gasteiger partial charge in [-0.05, 0) is 30.5 Å².